The zero-order chi connectivity index (χ0) is 14.9. The lowest BCUT2D eigenvalue weighted by molar-refractivity contribution is -0.133. The monoisotopic (exact) mass is 338 g/mol. The summed E-state index contributed by atoms with van der Waals surface area (Å²) in [6.45, 7) is 3.70. The number of carboxylic acid groups (broad SMARTS) is 1. The minimum atomic E-state index is -1.03. The van der Waals surface area contributed by atoms with Crippen molar-refractivity contribution >= 4 is 27.9 Å². The van der Waals surface area contributed by atoms with Gasteiger partial charge in [-0.05, 0) is 23.6 Å². The molecule has 0 saturated heterocycles. The number of nitrogens with one attached hydrogen (secondary N) is 2. The summed E-state index contributed by atoms with van der Waals surface area (Å²) in [7, 11) is 0. The van der Waals surface area contributed by atoms with Crippen LogP contribution in [0.25, 0.3) is 0 Å². The number of carboxylic acids is 1. The molecule has 5 nitrogen and oxygen atoms in total. The molecule has 0 fully saturated rings. The Morgan fingerprint density at radius 1 is 1.30 bits per heavy atom. The van der Waals surface area contributed by atoms with Gasteiger partial charge in [0.05, 0.1) is 11.6 Å². The van der Waals surface area contributed by atoms with E-state index in [0.717, 1.165) is 10.0 Å². The van der Waals surface area contributed by atoms with Crippen molar-refractivity contribution in [2.45, 2.75) is 19.9 Å². The van der Waals surface area contributed by atoms with E-state index in [-0.39, 0.29) is 17.5 Å². The second kappa shape index (κ2) is 5.66. The van der Waals surface area contributed by atoms with Crippen LogP contribution in [0.4, 0.5) is 4.79 Å². The highest BCUT2D eigenvalue weighted by Crippen LogP contribution is 2.30. The van der Waals surface area contributed by atoms with Gasteiger partial charge >= 0.3 is 12.0 Å². The smallest absolute Gasteiger partial charge is 0.335 e. The molecule has 1 heterocycles. The normalized spacial score (nSPS) is 18.8. The minimum absolute atomic E-state index is 0.0786. The third kappa shape index (κ3) is 2.85. The summed E-state index contributed by atoms with van der Waals surface area (Å²) in [5.41, 5.74) is 1.37. The predicted molar refractivity (Wildman–Crippen MR) is 78.1 cm³/mol. The van der Waals surface area contributed by atoms with E-state index < -0.39 is 12.0 Å². The quantitative estimate of drug-likeness (QED) is 0.792. The second-order valence-corrected chi connectivity index (χ2v) is 5.79. The summed E-state index contributed by atoms with van der Waals surface area (Å²) in [5.74, 6) is -1.11. The van der Waals surface area contributed by atoms with Crippen molar-refractivity contribution in [2.24, 2.45) is 5.92 Å². The average Bonchev–Trinajstić information content (AvgIpc) is 2.38. The van der Waals surface area contributed by atoms with Crippen LogP contribution < -0.4 is 10.6 Å². The van der Waals surface area contributed by atoms with E-state index >= 15 is 0 Å². The molecule has 20 heavy (non-hydrogen) atoms. The lowest BCUT2D eigenvalue weighted by atomic mass is 9.92. The van der Waals surface area contributed by atoms with Crippen molar-refractivity contribution in [1.29, 1.82) is 0 Å². The molecule has 106 valence electrons. The molecule has 1 unspecified atom stereocenters. The molecule has 1 atom stereocenters. The third-order valence-corrected chi connectivity index (χ3v) is 3.64. The van der Waals surface area contributed by atoms with E-state index in [1.54, 1.807) is 12.1 Å². The number of rotatable bonds is 3. The van der Waals surface area contributed by atoms with Crippen LogP contribution in [-0.4, -0.2) is 17.1 Å². The minimum Gasteiger partial charge on any atom is -0.478 e. The van der Waals surface area contributed by atoms with Gasteiger partial charge in [-0.1, -0.05) is 41.9 Å². The lowest BCUT2D eigenvalue weighted by Gasteiger charge is -2.30. The van der Waals surface area contributed by atoms with Gasteiger partial charge in [0.15, 0.2) is 0 Å². The number of aliphatic carboxylic acids is 1. The Labute approximate surface area is 125 Å². The number of urea groups is 1. The van der Waals surface area contributed by atoms with Gasteiger partial charge in [-0.15, -0.1) is 0 Å². The largest absolute Gasteiger partial charge is 0.478 e. The summed E-state index contributed by atoms with van der Waals surface area (Å²) in [4.78, 5) is 23.3. The lowest BCUT2D eigenvalue weighted by Crippen LogP contribution is -2.46. The van der Waals surface area contributed by atoms with Crippen LogP contribution >= 0.6 is 15.9 Å². The maximum absolute atomic E-state index is 11.7. The van der Waals surface area contributed by atoms with Crippen LogP contribution in [0, 0.1) is 5.92 Å². The Kier molecular flexibility index (Phi) is 4.13. The zero-order valence-electron chi connectivity index (χ0n) is 11.1. The van der Waals surface area contributed by atoms with Gasteiger partial charge in [-0.2, -0.15) is 0 Å². The van der Waals surface area contributed by atoms with E-state index in [9.17, 15) is 14.7 Å². The van der Waals surface area contributed by atoms with E-state index in [4.69, 9.17) is 0 Å². The Balaban J connectivity index is 2.53. The first kappa shape index (κ1) is 14.6. The van der Waals surface area contributed by atoms with Crippen LogP contribution in [0.15, 0.2) is 40.0 Å². The molecular weight excluding hydrogens is 324 g/mol. The first-order valence-corrected chi connectivity index (χ1v) is 6.99. The molecule has 0 aliphatic carbocycles. The van der Waals surface area contributed by atoms with Gasteiger partial charge in [-0.25, -0.2) is 9.59 Å². The van der Waals surface area contributed by atoms with Crippen molar-refractivity contribution in [3.05, 3.63) is 45.6 Å². The molecule has 0 saturated carbocycles. The third-order valence-electron chi connectivity index (χ3n) is 3.11. The van der Waals surface area contributed by atoms with Crippen LogP contribution in [0.1, 0.15) is 25.5 Å². The van der Waals surface area contributed by atoms with Gasteiger partial charge in [0.1, 0.15) is 0 Å². The molecule has 0 aromatic heterocycles. The molecule has 1 aliphatic heterocycles. The number of hydrogen-bond donors (Lipinski definition) is 3. The molecule has 1 aromatic rings. The molecular formula is C14H15BrN2O3. The summed E-state index contributed by atoms with van der Waals surface area (Å²) in [6, 6.07) is 6.19. The molecule has 6 heteroatoms. The van der Waals surface area contributed by atoms with Crippen LogP contribution in [-0.2, 0) is 4.79 Å². The number of carbonyl (C=O) groups excluding carboxylic acids is 1. The first-order chi connectivity index (χ1) is 9.40. The van der Waals surface area contributed by atoms with Gasteiger partial charge < -0.3 is 15.7 Å². The number of amides is 2. The summed E-state index contributed by atoms with van der Waals surface area (Å²) in [5, 5.41) is 14.7. The average molecular weight is 339 g/mol. The highest BCUT2D eigenvalue weighted by Gasteiger charge is 2.33. The Hall–Kier alpha value is -1.82. The van der Waals surface area contributed by atoms with Gasteiger partial charge in [0, 0.05) is 10.2 Å². The molecule has 3 N–H and O–H groups in total. The maximum Gasteiger partial charge on any atom is 0.335 e. The summed E-state index contributed by atoms with van der Waals surface area (Å²) < 4.78 is 0.895. The van der Waals surface area contributed by atoms with E-state index in [1.807, 2.05) is 26.0 Å². The van der Waals surface area contributed by atoms with Gasteiger partial charge in [-0.3, -0.25) is 0 Å². The molecule has 0 spiro atoms. The summed E-state index contributed by atoms with van der Waals surface area (Å²) >= 11 is 3.33. The number of hydrogen-bond acceptors (Lipinski definition) is 2. The van der Waals surface area contributed by atoms with Crippen LogP contribution in [0.3, 0.4) is 0 Å². The number of halogens is 1. The van der Waals surface area contributed by atoms with E-state index in [0.29, 0.717) is 5.70 Å². The molecule has 0 radical (unpaired) electrons. The van der Waals surface area contributed by atoms with Crippen molar-refractivity contribution < 1.29 is 14.7 Å². The molecule has 2 rings (SSSR count). The number of carbonyl (C=O) groups is 2. The highest BCUT2D eigenvalue weighted by molar-refractivity contribution is 9.10. The fraction of sp³-hybridized carbons (Fsp3) is 0.286. The number of allylic oxidation sites excluding steroid dienone is 1. The van der Waals surface area contributed by atoms with E-state index in [2.05, 4.69) is 26.6 Å². The van der Waals surface area contributed by atoms with Gasteiger partial charge in [0.25, 0.3) is 0 Å². The highest BCUT2D eigenvalue weighted by atomic mass is 79.9. The fourth-order valence-corrected chi connectivity index (χ4v) is 2.45. The predicted octanol–water partition coefficient (Wildman–Crippen LogP) is 2.80. The SMILES string of the molecule is CC(C)C1=C(C(=O)O)C(c2ccc(Br)cc2)NC(=O)N1. The van der Waals surface area contributed by atoms with E-state index in [1.165, 1.54) is 0 Å². The van der Waals surface area contributed by atoms with Crippen LogP contribution in [0.5, 0.6) is 0 Å². The van der Waals surface area contributed by atoms with Crippen molar-refractivity contribution in [1.82, 2.24) is 10.6 Å². The Morgan fingerprint density at radius 2 is 1.90 bits per heavy atom. The first-order valence-electron chi connectivity index (χ1n) is 6.20. The van der Waals surface area contributed by atoms with Crippen molar-refractivity contribution in [3.63, 3.8) is 0 Å². The zero-order valence-corrected chi connectivity index (χ0v) is 12.7. The Morgan fingerprint density at radius 3 is 2.40 bits per heavy atom. The topological polar surface area (TPSA) is 78.4 Å². The Bertz CT molecular complexity index is 579. The van der Waals surface area contributed by atoms with Gasteiger partial charge in [0.2, 0.25) is 0 Å². The van der Waals surface area contributed by atoms with Crippen molar-refractivity contribution in [2.75, 3.05) is 0 Å². The summed E-state index contributed by atoms with van der Waals surface area (Å²) in [6.07, 6.45) is 0. The molecule has 0 bridgehead atoms. The second-order valence-electron chi connectivity index (χ2n) is 4.87. The number of benzene rings is 1. The van der Waals surface area contributed by atoms with Crippen LogP contribution in [0.2, 0.25) is 0 Å². The maximum atomic E-state index is 11.7. The molecule has 1 aromatic carbocycles. The molecule has 1 aliphatic rings. The van der Waals surface area contributed by atoms with Crippen molar-refractivity contribution in [3.8, 4) is 0 Å². The fourth-order valence-electron chi connectivity index (χ4n) is 2.18. The standard InChI is InChI=1S/C14H15BrN2O3/c1-7(2)11-10(13(18)19)12(17-14(20)16-11)8-3-5-9(15)6-4-8/h3-7,12H,1-2H3,(H,18,19)(H2,16,17,20). The molecule has 2 amide bonds.